The van der Waals surface area contributed by atoms with Gasteiger partial charge in [-0.05, 0) is 38.1 Å². The van der Waals surface area contributed by atoms with E-state index < -0.39 is 0 Å². The molecule has 0 aromatic heterocycles. The molecule has 0 unspecified atom stereocenters. The zero-order valence-electron chi connectivity index (χ0n) is 11.8. The number of carbonyl (C=O) groups excluding carboxylic acids is 1. The number of aliphatic hydroxyl groups excluding tert-OH is 1. The molecule has 2 aliphatic rings. The number of carbonyl (C=O) groups is 1. The predicted molar refractivity (Wildman–Crippen MR) is 74.6 cm³/mol. The van der Waals surface area contributed by atoms with E-state index in [1.54, 1.807) is 0 Å². The highest BCUT2D eigenvalue weighted by Crippen LogP contribution is 2.29. The normalized spacial score (nSPS) is 29.5. The summed E-state index contributed by atoms with van der Waals surface area (Å²) in [7, 11) is 0. The highest BCUT2D eigenvalue weighted by atomic mass is 16.3. The summed E-state index contributed by atoms with van der Waals surface area (Å²) in [5.74, 6) is 1.21. The molecule has 1 amide bonds. The van der Waals surface area contributed by atoms with Gasteiger partial charge in [-0.15, -0.1) is 0 Å². The number of rotatable bonds is 4. The summed E-state index contributed by atoms with van der Waals surface area (Å²) >= 11 is 0. The maximum absolute atomic E-state index is 12.4. The average molecular weight is 269 g/mol. The Hall–Kier alpha value is -0.650. The highest BCUT2D eigenvalue weighted by Gasteiger charge is 2.30. The van der Waals surface area contributed by atoms with E-state index in [2.05, 4.69) is 4.90 Å². The fourth-order valence-electron chi connectivity index (χ4n) is 3.24. The van der Waals surface area contributed by atoms with Crippen LogP contribution in [0.3, 0.4) is 0 Å². The van der Waals surface area contributed by atoms with Gasteiger partial charge in [-0.25, -0.2) is 0 Å². The summed E-state index contributed by atoms with van der Waals surface area (Å²) in [4.78, 5) is 16.7. The summed E-state index contributed by atoms with van der Waals surface area (Å²) in [5, 5.41) is 8.91. The van der Waals surface area contributed by atoms with E-state index >= 15 is 0 Å². The van der Waals surface area contributed by atoms with Crippen LogP contribution in [0, 0.1) is 11.8 Å². The van der Waals surface area contributed by atoms with E-state index in [4.69, 9.17) is 10.8 Å². The maximum Gasteiger partial charge on any atom is 0.225 e. The molecule has 2 rings (SSSR count). The molecule has 2 fully saturated rings. The van der Waals surface area contributed by atoms with Crippen molar-refractivity contribution in [2.45, 2.75) is 25.7 Å². The summed E-state index contributed by atoms with van der Waals surface area (Å²) < 4.78 is 0. The van der Waals surface area contributed by atoms with Crippen LogP contribution in [-0.2, 0) is 4.79 Å². The zero-order valence-corrected chi connectivity index (χ0v) is 11.8. The fourth-order valence-corrected chi connectivity index (χ4v) is 3.24. The zero-order chi connectivity index (χ0) is 13.7. The molecule has 0 spiro atoms. The molecule has 110 valence electrons. The van der Waals surface area contributed by atoms with E-state index in [0.717, 1.165) is 65.0 Å². The minimum Gasteiger partial charge on any atom is -0.395 e. The second-order valence-electron chi connectivity index (χ2n) is 5.84. The smallest absolute Gasteiger partial charge is 0.225 e. The van der Waals surface area contributed by atoms with Gasteiger partial charge in [0.1, 0.15) is 0 Å². The first-order valence-electron chi connectivity index (χ1n) is 7.56. The standard InChI is InChI=1S/C14H27N3O2/c15-11-12-1-3-13(4-2-12)14(19)17-7-5-16(6-8-17)9-10-18/h12-13,18H,1-11,15H2. The lowest BCUT2D eigenvalue weighted by Gasteiger charge is -2.37. The van der Waals surface area contributed by atoms with Gasteiger partial charge in [-0.2, -0.15) is 0 Å². The Labute approximate surface area is 115 Å². The Morgan fingerprint density at radius 3 is 2.26 bits per heavy atom. The molecule has 1 saturated carbocycles. The van der Waals surface area contributed by atoms with E-state index in [1.807, 2.05) is 4.90 Å². The van der Waals surface area contributed by atoms with Crippen molar-refractivity contribution in [3.05, 3.63) is 0 Å². The van der Waals surface area contributed by atoms with Gasteiger partial charge in [0.25, 0.3) is 0 Å². The van der Waals surface area contributed by atoms with Crippen molar-refractivity contribution in [1.29, 1.82) is 0 Å². The van der Waals surface area contributed by atoms with E-state index in [0.29, 0.717) is 11.8 Å². The predicted octanol–water partition coefficient (Wildman–Crippen LogP) is -0.112. The quantitative estimate of drug-likeness (QED) is 0.747. The van der Waals surface area contributed by atoms with Gasteiger partial charge in [-0.1, -0.05) is 0 Å². The van der Waals surface area contributed by atoms with Gasteiger partial charge in [0.05, 0.1) is 6.61 Å². The lowest BCUT2D eigenvalue weighted by Crippen LogP contribution is -2.51. The summed E-state index contributed by atoms with van der Waals surface area (Å²) in [6, 6.07) is 0. The number of hydrogen-bond acceptors (Lipinski definition) is 4. The van der Waals surface area contributed by atoms with Crippen LogP contribution in [0.1, 0.15) is 25.7 Å². The topological polar surface area (TPSA) is 69.8 Å². The van der Waals surface area contributed by atoms with Crippen LogP contribution in [0.2, 0.25) is 0 Å². The molecule has 5 nitrogen and oxygen atoms in total. The van der Waals surface area contributed by atoms with Crippen LogP contribution in [0.25, 0.3) is 0 Å². The van der Waals surface area contributed by atoms with E-state index in [-0.39, 0.29) is 12.5 Å². The van der Waals surface area contributed by atoms with Crippen LogP contribution < -0.4 is 5.73 Å². The molecular weight excluding hydrogens is 242 g/mol. The van der Waals surface area contributed by atoms with Crippen molar-refractivity contribution in [2.75, 3.05) is 45.9 Å². The molecule has 0 aromatic rings. The first kappa shape index (κ1) is 14.8. The number of β-amino-alcohol motifs (C(OH)–C–C–N with tert-alkyl or cyclic N) is 1. The Morgan fingerprint density at radius 2 is 1.74 bits per heavy atom. The van der Waals surface area contributed by atoms with Crippen LogP contribution in [-0.4, -0.2) is 66.7 Å². The molecule has 19 heavy (non-hydrogen) atoms. The number of nitrogens with zero attached hydrogens (tertiary/aromatic N) is 2. The average Bonchev–Trinajstić information content (AvgIpc) is 2.48. The molecule has 0 radical (unpaired) electrons. The van der Waals surface area contributed by atoms with Crippen molar-refractivity contribution in [3.8, 4) is 0 Å². The summed E-state index contributed by atoms with van der Waals surface area (Å²) in [6.07, 6.45) is 4.24. The number of amides is 1. The number of aliphatic hydroxyl groups is 1. The number of hydrogen-bond donors (Lipinski definition) is 2. The number of nitrogens with two attached hydrogens (primary N) is 1. The molecule has 3 N–H and O–H groups in total. The molecular formula is C14H27N3O2. The molecule has 0 aromatic carbocycles. The van der Waals surface area contributed by atoms with Gasteiger partial charge in [0.2, 0.25) is 5.91 Å². The van der Waals surface area contributed by atoms with E-state index in [1.165, 1.54) is 0 Å². The van der Waals surface area contributed by atoms with Crippen molar-refractivity contribution in [1.82, 2.24) is 9.80 Å². The van der Waals surface area contributed by atoms with Gasteiger partial charge in [-0.3, -0.25) is 9.69 Å². The Balaban J connectivity index is 1.75. The second kappa shape index (κ2) is 7.22. The SMILES string of the molecule is NCC1CCC(C(=O)N2CCN(CCO)CC2)CC1. The Bertz CT molecular complexity index is 282. The van der Waals surface area contributed by atoms with Gasteiger partial charge in [0, 0.05) is 38.6 Å². The Kier molecular flexibility index (Phi) is 5.60. The molecule has 1 saturated heterocycles. The summed E-state index contributed by atoms with van der Waals surface area (Å²) in [6.45, 7) is 5.11. The Morgan fingerprint density at radius 1 is 1.11 bits per heavy atom. The third-order valence-electron chi connectivity index (χ3n) is 4.63. The lowest BCUT2D eigenvalue weighted by molar-refractivity contribution is -0.138. The third kappa shape index (κ3) is 3.91. The van der Waals surface area contributed by atoms with Crippen LogP contribution >= 0.6 is 0 Å². The van der Waals surface area contributed by atoms with Crippen molar-refractivity contribution < 1.29 is 9.90 Å². The lowest BCUT2D eigenvalue weighted by atomic mass is 9.81. The van der Waals surface area contributed by atoms with Crippen molar-refractivity contribution in [2.24, 2.45) is 17.6 Å². The first-order valence-corrected chi connectivity index (χ1v) is 7.56. The monoisotopic (exact) mass is 269 g/mol. The first-order chi connectivity index (χ1) is 9.24. The van der Waals surface area contributed by atoms with Gasteiger partial charge >= 0.3 is 0 Å². The van der Waals surface area contributed by atoms with Crippen LogP contribution in [0.4, 0.5) is 0 Å². The second-order valence-corrected chi connectivity index (χ2v) is 5.84. The van der Waals surface area contributed by atoms with Crippen LogP contribution in [0.15, 0.2) is 0 Å². The molecule has 5 heteroatoms. The summed E-state index contributed by atoms with van der Waals surface area (Å²) in [5.41, 5.74) is 5.69. The molecule has 0 atom stereocenters. The van der Waals surface area contributed by atoms with Gasteiger partial charge in [0.15, 0.2) is 0 Å². The van der Waals surface area contributed by atoms with Crippen molar-refractivity contribution >= 4 is 5.91 Å². The minimum absolute atomic E-state index is 0.205. The van der Waals surface area contributed by atoms with Gasteiger partial charge < -0.3 is 15.7 Å². The number of piperazine rings is 1. The highest BCUT2D eigenvalue weighted by molar-refractivity contribution is 5.79. The molecule has 1 heterocycles. The molecule has 1 aliphatic heterocycles. The largest absolute Gasteiger partial charge is 0.395 e. The third-order valence-corrected chi connectivity index (χ3v) is 4.63. The van der Waals surface area contributed by atoms with Crippen molar-refractivity contribution in [3.63, 3.8) is 0 Å². The fraction of sp³-hybridized carbons (Fsp3) is 0.929. The molecule has 1 aliphatic carbocycles. The maximum atomic E-state index is 12.4. The van der Waals surface area contributed by atoms with Crippen LogP contribution in [0.5, 0.6) is 0 Å². The minimum atomic E-state index is 0.205. The molecule has 0 bridgehead atoms. The van der Waals surface area contributed by atoms with E-state index in [9.17, 15) is 4.79 Å².